The van der Waals surface area contributed by atoms with Gasteiger partial charge in [0.1, 0.15) is 17.2 Å². The Balaban J connectivity index is 2.13. The first kappa shape index (κ1) is 24.7. The van der Waals surface area contributed by atoms with Crippen molar-refractivity contribution in [2.75, 3.05) is 27.3 Å². The molecule has 1 aromatic rings. The first-order chi connectivity index (χ1) is 14.6. The van der Waals surface area contributed by atoms with Crippen molar-refractivity contribution in [1.29, 1.82) is 0 Å². The summed E-state index contributed by atoms with van der Waals surface area (Å²) in [7, 11) is 2.66. The molecular formula is C23H34N2O6. The van der Waals surface area contributed by atoms with E-state index in [4.69, 9.17) is 14.2 Å². The Kier molecular flexibility index (Phi) is 8.44. The van der Waals surface area contributed by atoms with Crippen LogP contribution < -0.4 is 5.32 Å². The molecule has 1 aliphatic heterocycles. The highest BCUT2D eigenvalue weighted by Gasteiger charge is 2.51. The second-order valence-corrected chi connectivity index (χ2v) is 8.73. The van der Waals surface area contributed by atoms with Crippen molar-refractivity contribution in [3.63, 3.8) is 0 Å². The predicted octanol–water partition coefficient (Wildman–Crippen LogP) is 2.69. The molecule has 172 valence electrons. The van der Waals surface area contributed by atoms with Gasteiger partial charge in [-0.05, 0) is 58.6 Å². The van der Waals surface area contributed by atoms with Crippen molar-refractivity contribution in [3.05, 3.63) is 35.9 Å². The van der Waals surface area contributed by atoms with Gasteiger partial charge in [-0.2, -0.15) is 0 Å². The lowest BCUT2D eigenvalue weighted by Crippen LogP contribution is -2.56. The second-order valence-electron chi connectivity index (χ2n) is 8.73. The van der Waals surface area contributed by atoms with Crippen LogP contribution in [0.3, 0.4) is 0 Å². The number of carbonyl (C=O) groups is 3. The van der Waals surface area contributed by atoms with Gasteiger partial charge >= 0.3 is 18.0 Å². The standard InChI is InChI=1S/C23H34N2O6/c1-22(2,3)31-21(28)25-15-9-12-23(25,20(27)30-5)13-14-24-18(19(26)29-4)16-17-10-7-6-8-11-17/h6-8,10-11,18,24H,9,12-16H2,1-5H3/t18-,23+/m0/s1. The second kappa shape index (κ2) is 10.6. The van der Waals surface area contributed by atoms with E-state index in [1.54, 1.807) is 20.8 Å². The third-order valence-corrected chi connectivity index (χ3v) is 5.37. The summed E-state index contributed by atoms with van der Waals surface area (Å²) < 4.78 is 15.5. The highest BCUT2D eigenvalue weighted by Crippen LogP contribution is 2.35. The van der Waals surface area contributed by atoms with Crippen LogP contribution in [-0.4, -0.2) is 67.4 Å². The molecule has 0 aliphatic carbocycles. The maximum absolute atomic E-state index is 12.8. The van der Waals surface area contributed by atoms with Gasteiger partial charge in [0.2, 0.25) is 0 Å². The third kappa shape index (κ3) is 6.43. The molecule has 1 amide bonds. The van der Waals surface area contributed by atoms with E-state index in [9.17, 15) is 14.4 Å². The molecule has 1 saturated heterocycles. The van der Waals surface area contributed by atoms with Gasteiger partial charge in [0, 0.05) is 6.54 Å². The van der Waals surface area contributed by atoms with Gasteiger partial charge < -0.3 is 19.5 Å². The highest BCUT2D eigenvalue weighted by atomic mass is 16.6. The van der Waals surface area contributed by atoms with Crippen molar-refractivity contribution in [1.82, 2.24) is 10.2 Å². The maximum atomic E-state index is 12.8. The molecule has 0 unspecified atom stereocenters. The number of hydrogen-bond donors (Lipinski definition) is 1. The average Bonchev–Trinajstić information content (AvgIpc) is 3.16. The molecule has 0 spiro atoms. The van der Waals surface area contributed by atoms with Gasteiger partial charge in [-0.15, -0.1) is 0 Å². The minimum Gasteiger partial charge on any atom is -0.468 e. The van der Waals surface area contributed by atoms with Gasteiger partial charge in [0.05, 0.1) is 14.2 Å². The van der Waals surface area contributed by atoms with E-state index >= 15 is 0 Å². The Bertz CT molecular complexity index is 761. The van der Waals surface area contributed by atoms with Crippen LogP contribution in [0.2, 0.25) is 0 Å². The zero-order valence-corrected chi connectivity index (χ0v) is 19.1. The van der Waals surface area contributed by atoms with Gasteiger partial charge in [0.15, 0.2) is 0 Å². The van der Waals surface area contributed by atoms with Gasteiger partial charge in [-0.25, -0.2) is 9.59 Å². The fourth-order valence-corrected chi connectivity index (χ4v) is 3.91. The summed E-state index contributed by atoms with van der Waals surface area (Å²) in [5.41, 5.74) is -0.813. The third-order valence-electron chi connectivity index (χ3n) is 5.37. The molecule has 1 N–H and O–H groups in total. The van der Waals surface area contributed by atoms with Crippen molar-refractivity contribution in [2.24, 2.45) is 0 Å². The number of esters is 2. The summed E-state index contributed by atoms with van der Waals surface area (Å²) in [6.07, 6.45) is 1.35. The molecule has 2 atom stereocenters. The predicted molar refractivity (Wildman–Crippen MR) is 115 cm³/mol. The maximum Gasteiger partial charge on any atom is 0.411 e. The summed E-state index contributed by atoms with van der Waals surface area (Å²) in [4.78, 5) is 39.3. The Hall–Kier alpha value is -2.61. The van der Waals surface area contributed by atoms with Crippen LogP contribution in [0.5, 0.6) is 0 Å². The highest BCUT2D eigenvalue weighted by molar-refractivity contribution is 5.86. The summed E-state index contributed by atoms with van der Waals surface area (Å²) in [6, 6.07) is 9.04. The molecule has 1 fully saturated rings. The fraction of sp³-hybridized carbons (Fsp3) is 0.609. The van der Waals surface area contributed by atoms with Gasteiger partial charge in [0.25, 0.3) is 0 Å². The lowest BCUT2D eigenvalue weighted by Gasteiger charge is -2.37. The van der Waals surface area contributed by atoms with E-state index in [0.29, 0.717) is 38.8 Å². The van der Waals surface area contributed by atoms with Crippen LogP contribution in [0.25, 0.3) is 0 Å². The quantitative estimate of drug-likeness (QED) is 0.497. The van der Waals surface area contributed by atoms with E-state index < -0.39 is 29.2 Å². The molecule has 2 rings (SSSR count). The first-order valence-electron chi connectivity index (χ1n) is 10.6. The van der Waals surface area contributed by atoms with E-state index in [1.165, 1.54) is 19.1 Å². The largest absolute Gasteiger partial charge is 0.468 e. The number of nitrogens with zero attached hydrogens (tertiary/aromatic N) is 1. The normalized spacial score (nSPS) is 19.6. The Labute approximate surface area is 184 Å². The van der Waals surface area contributed by atoms with E-state index in [0.717, 1.165) is 5.56 Å². The molecule has 1 aliphatic rings. The number of likely N-dealkylation sites (tertiary alicyclic amines) is 1. The van der Waals surface area contributed by atoms with Crippen LogP contribution in [0.15, 0.2) is 30.3 Å². The number of nitrogens with one attached hydrogen (secondary N) is 1. The Morgan fingerprint density at radius 3 is 2.39 bits per heavy atom. The van der Waals surface area contributed by atoms with Crippen molar-refractivity contribution < 1.29 is 28.6 Å². The monoisotopic (exact) mass is 434 g/mol. The summed E-state index contributed by atoms with van der Waals surface area (Å²) in [6.45, 7) is 6.09. The molecular weight excluding hydrogens is 400 g/mol. The molecule has 0 saturated carbocycles. The zero-order chi connectivity index (χ0) is 23.1. The number of ether oxygens (including phenoxy) is 3. The lowest BCUT2D eigenvalue weighted by molar-refractivity contribution is -0.153. The topological polar surface area (TPSA) is 94.2 Å². The minimum absolute atomic E-state index is 0.293. The first-order valence-corrected chi connectivity index (χ1v) is 10.6. The van der Waals surface area contributed by atoms with Crippen molar-refractivity contribution >= 4 is 18.0 Å². The molecule has 8 nitrogen and oxygen atoms in total. The molecule has 0 aromatic heterocycles. The summed E-state index contributed by atoms with van der Waals surface area (Å²) in [5, 5.41) is 3.20. The Morgan fingerprint density at radius 2 is 1.81 bits per heavy atom. The molecule has 1 heterocycles. The van der Waals surface area contributed by atoms with Crippen LogP contribution in [0, 0.1) is 0 Å². The van der Waals surface area contributed by atoms with Crippen LogP contribution in [0.1, 0.15) is 45.6 Å². The van der Waals surface area contributed by atoms with Crippen LogP contribution >= 0.6 is 0 Å². The SMILES string of the molecule is COC(=O)[C@H](Cc1ccccc1)NCC[C@@]1(C(=O)OC)CCCN1C(=O)OC(C)(C)C. The zero-order valence-electron chi connectivity index (χ0n) is 19.1. The Morgan fingerprint density at radius 1 is 1.13 bits per heavy atom. The molecule has 0 bridgehead atoms. The number of benzene rings is 1. The number of rotatable bonds is 8. The number of amides is 1. The van der Waals surface area contributed by atoms with Crippen LogP contribution in [0.4, 0.5) is 4.79 Å². The van der Waals surface area contributed by atoms with Gasteiger partial charge in [-0.3, -0.25) is 9.69 Å². The molecule has 1 aromatic carbocycles. The molecule has 0 radical (unpaired) electrons. The van der Waals surface area contributed by atoms with E-state index in [-0.39, 0.29) is 5.97 Å². The number of hydrogen-bond acceptors (Lipinski definition) is 7. The van der Waals surface area contributed by atoms with Gasteiger partial charge in [-0.1, -0.05) is 30.3 Å². The summed E-state index contributed by atoms with van der Waals surface area (Å²) in [5.74, 6) is -0.860. The van der Waals surface area contributed by atoms with Crippen molar-refractivity contribution in [3.8, 4) is 0 Å². The lowest BCUT2D eigenvalue weighted by atomic mass is 9.91. The van der Waals surface area contributed by atoms with Crippen LogP contribution in [-0.2, 0) is 30.2 Å². The fourth-order valence-electron chi connectivity index (χ4n) is 3.91. The van der Waals surface area contributed by atoms with E-state index in [1.807, 2.05) is 30.3 Å². The molecule has 31 heavy (non-hydrogen) atoms. The average molecular weight is 435 g/mol. The molecule has 8 heteroatoms. The van der Waals surface area contributed by atoms with E-state index in [2.05, 4.69) is 5.32 Å². The number of methoxy groups -OCH3 is 2. The summed E-state index contributed by atoms with van der Waals surface area (Å²) >= 11 is 0. The number of carbonyl (C=O) groups excluding carboxylic acids is 3. The smallest absolute Gasteiger partial charge is 0.411 e. The van der Waals surface area contributed by atoms with Crippen molar-refractivity contribution in [2.45, 2.75) is 63.6 Å². The minimum atomic E-state index is -1.13.